The summed E-state index contributed by atoms with van der Waals surface area (Å²) >= 11 is 0. The average molecular weight is 257 g/mol. The molecular weight excluding hydrogens is 238 g/mol. The summed E-state index contributed by atoms with van der Waals surface area (Å²) in [5.74, 6) is 0.461. The molecule has 3 rings (SSSR count). The van der Waals surface area contributed by atoms with E-state index in [4.69, 9.17) is 4.52 Å². The van der Waals surface area contributed by atoms with Crippen LogP contribution in [0.15, 0.2) is 29.1 Å². The highest BCUT2D eigenvalue weighted by Crippen LogP contribution is 2.31. The quantitative estimate of drug-likeness (QED) is 0.886. The van der Waals surface area contributed by atoms with E-state index in [9.17, 15) is 0 Å². The van der Waals surface area contributed by atoms with Crippen LogP contribution in [0.1, 0.15) is 44.2 Å². The maximum absolute atomic E-state index is 5.46. The lowest BCUT2D eigenvalue weighted by Gasteiger charge is -2.12. The van der Waals surface area contributed by atoms with Gasteiger partial charge in [0.25, 0.3) is 0 Å². The first kappa shape index (κ1) is 12.1. The summed E-state index contributed by atoms with van der Waals surface area (Å²) in [5, 5.41) is 11.8. The largest absolute Gasteiger partial charge is 0.370 e. The van der Waals surface area contributed by atoms with E-state index < -0.39 is 0 Å². The molecule has 0 fully saturated rings. The van der Waals surface area contributed by atoms with Crippen LogP contribution in [-0.4, -0.2) is 11.3 Å². The Labute approximate surface area is 112 Å². The zero-order valence-electron chi connectivity index (χ0n) is 11.5. The Hall–Kier alpha value is -1.97. The monoisotopic (exact) mass is 257 g/mol. The predicted octanol–water partition coefficient (Wildman–Crippen LogP) is 3.18. The number of hydrogen-bond donors (Lipinski definition) is 2. The summed E-state index contributed by atoms with van der Waals surface area (Å²) in [6, 6.07) is 4.28. The molecule has 1 aromatic heterocycles. The van der Waals surface area contributed by atoms with E-state index in [0.717, 1.165) is 28.7 Å². The van der Waals surface area contributed by atoms with Crippen LogP contribution < -0.4 is 10.6 Å². The minimum absolute atomic E-state index is 0.303. The summed E-state index contributed by atoms with van der Waals surface area (Å²) in [6.45, 7) is 6.51. The SMILES string of the molecule is CCC1NC=C(c2ccc(C(C)C)c3cnoc23)N1. The molecule has 0 aliphatic carbocycles. The second-order valence-electron chi connectivity index (χ2n) is 5.26. The van der Waals surface area contributed by atoms with Gasteiger partial charge in [0, 0.05) is 17.1 Å². The van der Waals surface area contributed by atoms with Crippen molar-refractivity contribution in [2.45, 2.75) is 39.3 Å². The van der Waals surface area contributed by atoms with Gasteiger partial charge in [0.05, 0.1) is 18.1 Å². The Morgan fingerprint density at radius 1 is 1.37 bits per heavy atom. The van der Waals surface area contributed by atoms with Crippen LogP contribution in [0.25, 0.3) is 16.7 Å². The molecule has 19 heavy (non-hydrogen) atoms. The topological polar surface area (TPSA) is 50.1 Å². The van der Waals surface area contributed by atoms with E-state index in [2.05, 4.69) is 48.7 Å². The van der Waals surface area contributed by atoms with Gasteiger partial charge < -0.3 is 15.2 Å². The molecule has 0 amide bonds. The summed E-state index contributed by atoms with van der Waals surface area (Å²) in [6.07, 6.45) is 5.16. The van der Waals surface area contributed by atoms with E-state index in [0.29, 0.717) is 12.1 Å². The van der Waals surface area contributed by atoms with Gasteiger partial charge in [-0.05, 0) is 24.0 Å². The van der Waals surface area contributed by atoms with Crippen LogP contribution in [0.5, 0.6) is 0 Å². The fraction of sp³-hybridized carbons (Fsp3) is 0.400. The number of nitrogens with one attached hydrogen (secondary N) is 2. The first-order chi connectivity index (χ1) is 9.20. The molecule has 1 aliphatic heterocycles. The fourth-order valence-corrected chi connectivity index (χ4v) is 2.52. The second-order valence-corrected chi connectivity index (χ2v) is 5.26. The molecule has 2 N–H and O–H groups in total. The minimum atomic E-state index is 0.303. The van der Waals surface area contributed by atoms with Gasteiger partial charge in [-0.15, -0.1) is 0 Å². The van der Waals surface area contributed by atoms with Crippen LogP contribution in [0, 0.1) is 0 Å². The third-order valence-electron chi connectivity index (χ3n) is 3.63. The van der Waals surface area contributed by atoms with Crippen molar-refractivity contribution in [3.05, 3.63) is 35.7 Å². The number of benzene rings is 1. The molecule has 1 aliphatic rings. The zero-order chi connectivity index (χ0) is 13.4. The van der Waals surface area contributed by atoms with E-state index >= 15 is 0 Å². The molecule has 1 atom stereocenters. The molecule has 4 heteroatoms. The molecule has 1 unspecified atom stereocenters. The predicted molar refractivity (Wildman–Crippen MR) is 76.4 cm³/mol. The summed E-state index contributed by atoms with van der Waals surface area (Å²) in [5.41, 5.74) is 4.28. The third kappa shape index (κ3) is 1.97. The van der Waals surface area contributed by atoms with Gasteiger partial charge >= 0.3 is 0 Å². The molecule has 0 saturated heterocycles. The average Bonchev–Trinajstić information content (AvgIpc) is 3.06. The number of aromatic nitrogens is 1. The lowest BCUT2D eigenvalue weighted by Crippen LogP contribution is -2.30. The highest BCUT2D eigenvalue weighted by Gasteiger charge is 2.19. The van der Waals surface area contributed by atoms with Gasteiger partial charge in [-0.1, -0.05) is 32.0 Å². The minimum Gasteiger partial charge on any atom is -0.370 e. The van der Waals surface area contributed by atoms with Gasteiger partial charge in [0.1, 0.15) is 0 Å². The Bertz CT molecular complexity index is 627. The van der Waals surface area contributed by atoms with Crippen molar-refractivity contribution in [2.75, 3.05) is 0 Å². The smallest absolute Gasteiger partial charge is 0.176 e. The highest BCUT2D eigenvalue weighted by molar-refractivity contribution is 5.91. The first-order valence-corrected chi connectivity index (χ1v) is 6.81. The number of hydrogen-bond acceptors (Lipinski definition) is 4. The maximum atomic E-state index is 5.46. The number of rotatable bonds is 3. The van der Waals surface area contributed by atoms with Crippen molar-refractivity contribution < 1.29 is 4.52 Å². The molecule has 2 aromatic rings. The molecule has 2 heterocycles. The highest BCUT2D eigenvalue weighted by atomic mass is 16.5. The van der Waals surface area contributed by atoms with Crippen molar-refractivity contribution in [1.82, 2.24) is 15.8 Å². The van der Waals surface area contributed by atoms with Crippen molar-refractivity contribution in [3.63, 3.8) is 0 Å². The van der Waals surface area contributed by atoms with Gasteiger partial charge in [0.15, 0.2) is 5.58 Å². The van der Waals surface area contributed by atoms with Crippen molar-refractivity contribution >= 4 is 16.7 Å². The van der Waals surface area contributed by atoms with E-state index in [1.54, 1.807) is 0 Å². The van der Waals surface area contributed by atoms with Gasteiger partial charge in [0.2, 0.25) is 0 Å². The summed E-state index contributed by atoms with van der Waals surface area (Å²) in [4.78, 5) is 0. The third-order valence-corrected chi connectivity index (χ3v) is 3.63. The molecule has 0 spiro atoms. The van der Waals surface area contributed by atoms with Crippen molar-refractivity contribution in [1.29, 1.82) is 0 Å². The second kappa shape index (κ2) is 4.61. The lowest BCUT2D eigenvalue weighted by atomic mass is 9.97. The molecule has 0 saturated carbocycles. The molecular formula is C15H19N3O. The van der Waals surface area contributed by atoms with Crippen LogP contribution in [0.4, 0.5) is 0 Å². The maximum Gasteiger partial charge on any atom is 0.176 e. The molecule has 4 nitrogen and oxygen atoms in total. The summed E-state index contributed by atoms with van der Waals surface area (Å²) in [7, 11) is 0. The van der Waals surface area contributed by atoms with Gasteiger partial charge in [-0.2, -0.15) is 0 Å². The number of nitrogens with zero attached hydrogens (tertiary/aromatic N) is 1. The normalized spacial score (nSPS) is 18.5. The van der Waals surface area contributed by atoms with Gasteiger partial charge in [-0.25, -0.2) is 0 Å². The van der Waals surface area contributed by atoms with Crippen molar-refractivity contribution in [2.24, 2.45) is 0 Å². The van der Waals surface area contributed by atoms with Crippen LogP contribution in [-0.2, 0) is 0 Å². The lowest BCUT2D eigenvalue weighted by molar-refractivity contribution is 0.455. The van der Waals surface area contributed by atoms with Crippen LogP contribution in [0.2, 0.25) is 0 Å². The van der Waals surface area contributed by atoms with Crippen LogP contribution >= 0.6 is 0 Å². The molecule has 0 bridgehead atoms. The molecule has 100 valence electrons. The van der Waals surface area contributed by atoms with E-state index in [-0.39, 0.29) is 0 Å². The van der Waals surface area contributed by atoms with Crippen molar-refractivity contribution in [3.8, 4) is 0 Å². The summed E-state index contributed by atoms with van der Waals surface area (Å²) < 4.78 is 5.46. The Balaban J connectivity index is 2.07. The van der Waals surface area contributed by atoms with E-state index in [1.807, 2.05) is 12.4 Å². The number of fused-ring (bicyclic) bond motifs is 1. The molecule has 0 radical (unpaired) electrons. The zero-order valence-corrected chi connectivity index (χ0v) is 11.5. The van der Waals surface area contributed by atoms with Gasteiger partial charge in [-0.3, -0.25) is 0 Å². The fourth-order valence-electron chi connectivity index (χ4n) is 2.52. The Morgan fingerprint density at radius 3 is 2.89 bits per heavy atom. The van der Waals surface area contributed by atoms with E-state index in [1.165, 1.54) is 5.56 Å². The standard InChI is InChI=1S/C15H19N3O/c1-4-14-16-8-13(18-14)11-6-5-10(9(2)3)12-7-17-19-15(11)12/h5-9,14,16,18H,4H2,1-3H3. The molecule has 1 aromatic carbocycles. The van der Waals surface area contributed by atoms with Crippen LogP contribution in [0.3, 0.4) is 0 Å². The Morgan fingerprint density at radius 2 is 2.21 bits per heavy atom. The Kier molecular flexibility index (Phi) is 2.93. The first-order valence-electron chi connectivity index (χ1n) is 6.81.